The summed E-state index contributed by atoms with van der Waals surface area (Å²) in [6.07, 6.45) is -0.108. The summed E-state index contributed by atoms with van der Waals surface area (Å²) in [6, 6.07) is 6.82. The molecule has 2 atom stereocenters. The van der Waals surface area contributed by atoms with E-state index in [4.69, 9.17) is 9.47 Å². The van der Waals surface area contributed by atoms with Crippen LogP contribution in [0.2, 0.25) is 0 Å². The Hall–Kier alpha value is -2.39. The van der Waals surface area contributed by atoms with Crippen molar-refractivity contribution in [1.29, 1.82) is 0 Å². The van der Waals surface area contributed by atoms with Gasteiger partial charge in [0, 0.05) is 16.5 Å². The van der Waals surface area contributed by atoms with Crippen LogP contribution in [0.4, 0.5) is 9.59 Å². The summed E-state index contributed by atoms with van der Waals surface area (Å²) in [5, 5.41) is 10.3. The third-order valence-electron chi connectivity index (χ3n) is 4.71. The highest BCUT2D eigenvalue weighted by molar-refractivity contribution is 9.10. The molecule has 32 heavy (non-hydrogen) atoms. The van der Waals surface area contributed by atoms with Gasteiger partial charge in [-0.25, -0.2) is 19.1 Å². The number of imidazole rings is 1. The number of hydrogen-bond donors (Lipinski definition) is 1. The van der Waals surface area contributed by atoms with Crippen LogP contribution in [0.3, 0.4) is 0 Å². The van der Waals surface area contributed by atoms with Crippen molar-refractivity contribution in [2.45, 2.75) is 71.3 Å². The lowest BCUT2D eigenvalue weighted by Crippen LogP contribution is -2.38. The first kappa shape index (κ1) is 24.3. The predicted molar refractivity (Wildman–Crippen MR) is 123 cm³/mol. The monoisotopic (exact) mass is 507 g/mol. The van der Waals surface area contributed by atoms with Gasteiger partial charge >= 0.3 is 12.2 Å². The van der Waals surface area contributed by atoms with E-state index in [2.05, 4.69) is 20.9 Å². The maximum atomic E-state index is 13.2. The molecule has 1 aliphatic rings. The van der Waals surface area contributed by atoms with Gasteiger partial charge in [-0.3, -0.25) is 4.90 Å². The van der Waals surface area contributed by atoms with Crippen molar-refractivity contribution >= 4 is 28.1 Å². The lowest BCUT2D eigenvalue weighted by molar-refractivity contribution is 0.0192. The Morgan fingerprint density at radius 3 is 2.16 bits per heavy atom. The molecule has 2 aromatic rings. The van der Waals surface area contributed by atoms with Crippen molar-refractivity contribution in [3.05, 3.63) is 40.8 Å². The first-order valence-electron chi connectivity index (χ1n) is 10.5. The van der Waals surface area contributed by atoms with Crippen molar-refractivity contribution in [1.82, 2.24) is 14.5 Å². The second kappa shape index (κ2) is 8.86. The number of benzene rings is 1. The molecule has 0 radical (unpaired) electrons. The largest absolute Gasteiger partial charge is 0.444 e. The molecule has 9 heteroatoms. The summed E-state index contributed by atoms with van der Waals surface area (Å²) < 4.78 is 13.5. The second-order valence-corrected chi connectivity index (χ2v) is 10.8. The molecule has 174 valence electrons. The Bertz CT molecular complexity index is 989. The van der Waals surface area contributed by atoms with Crippen molar-refractivity contribution < 1.29 is 24.2 Å². The number of nitrogens with zero attached hydrogens (tertiary/aromatic N) is 3. The maximum absolute atomic E-state index is 13.2. The molecule has 0 aliphatic carbocycles. The van der Waals surface area contributed by atoms with Crippen LogP contribution in [-0.4, -0.2) is 55.6 Å². The molecule has 3 rings (SSSR count). The van der Waals surface area contributed by atoms with Crippen LogP contribution in [0.1, 0.15) is 59.8 Å². The number of carbonyl (C=O) groups excluding carboxylic acids is 2. The summed E-state index contributed by atoms with van der Waals surface area (Å²) in [7, 11) is 0. The molecule has 0 saturated carbocycles. The van der Waals surface area contributed by atoms with E-state index in [-0.39, 0.29) is 13.0 Å². The van der Waals surface area contributed by atoms with Gasteiger partial charge in [-0.05, 0) is 53.7 Å². The molecule has 1 amide bonds. The topological polar surface area (TPSA) is 93.9 Å². The van der Waals surface area contributed by atoms with Crippen LogP contribution in [-0.2, 0) is 9.47 Å². The SMILES string of the molecule is CC(C)(C)OC(=O)N1CC(O)C[C@H]1c1ncc(-c2ccc(Br)cc2)n1C(=O)OC(C)(C)C. The smallest absolute Gasteiger partial charge is 0.420 e. The molecule has 1 N–H and O–H groups in total. The Kier molecular flexibility index (Phi) is 6.72. The van der Waals surface area contributed by atoms with E-state index < -0.39 is 35.5 Å². The Morgan fingerprint density at radius 1 is 1.03 bits per heavy atom. The lowest BCUT2D eigenvalue weighted by Gasteiger charge is -2.29. The molecule has 1 fully saturated rings. The molecule has 1 aliphatic heterocycles. The van der Waals surface area contributed by atoms with Gasteiger partial charge in [-0.2, -0.15) is 0 Å². The van der Waals surface area contributed by atoms with Gasteiger partial charge in [0.2, 0.25) is 0 Å². The van der Waals surface area contributed by atoms with Crippen LogP contribution < -0.4 is 0 Å². The zero-order valence-electron chi connectivity index (χ0n) is 19.3. The second-order valence-electron chi connectivity index (χ2n) is 9.86. The first-order chi connectivity index (χ1) is 14.7. The molecule has 1 aromatic carbocycles. The summed E-state index contributed by atoms with van der Waals surface area (Å²) in [5.74, 6) is 0.319. The number of ether oxygens (including phenoxy) is 2. The summed E-state index contributed by atoms with van der Waals surface area (Å²) >= 11 is 3.42. The number of aromatic nitrogens is 2. The number of aliphatic hydroxyl groups is 1. The van der Waals surface area contributed by atoms with Gasteiger partial charge in [0.15, 0.2) is 0 Å². The fraction of sp³-hybridized carbons (Fsp3) is 0.522. The highest BCUT2D eigenvalue weighted by Crippen LogP contribution is 2.35. The van der Waals surface area contributed by atoms with E-state index >= 15 is 0 Å². The van der Waals surface area contributed by atoms with Crippen molar-refractivity contribution in [2.24, 2.45) is 0 Å². The summed E-state index contributed by atoms with van der Waals surface area (Å²) in [6.45, 7) is 10.8. The van der Waals surface area contributed by atoms with E-state index in [0.717, 1.165) is 10.0 Å². The number of aliphatic hydroxyl groups excluding tert-OH is 1. The van der Waals surface area contributed by atoms with E-state index in [9.17, 15) is 14.7 Å². The van der Waals surface area contributed by atoms with Crippen molar-refractivity contribution in [2.75, 3.05) is 6.54 Å². The summed E-state index contributed by atoms with van der Waals surface area (Å²) in [4.78, 5) is 32.0. The van der Waals surface area contributed by atoms with Gasteiger partial charge in [0.25, 0.3) is 0 Å². The third-order valence-corrected chi connectivity index (χ3v) is 5.24. The number of β-amino-alcohol motifs (C(OH)–C–C–N with tert-alkyl or cyclic N) is 1. The average Bonchev–Trinajstić information content (AvgIpc) is 3.23. The van der Waals surface area contributed by atoms with Gasteiger partial charge in [-0.15, -0.1) is 0 Å². The molecular weight excluding hydrogens is 478 g/mol. The van der Waals surface area contributed by atoms with Crippen LogP contribution >= 0.6 is 15.9 Å². The molecule has 0 bridgehead atoms. The number of carbonyl (C=O) groups is 2. The maximum Gasteiger partial charge on any atom is 0.420 e. The Morgan fingerprint density at radius 2 is 1.59 bits per heavy atom. The molecule has 2 heterocycles. The van der Waals surface area contributed by atoms with E-state index in [1.807, 2.05) is 24.3 Å². The van der Waals surface area contributed by atoms with Gasteiger partial charge in [0.1, 0.15) is 17.0 Å². The zero-order valence-corrected chi connectivity index (χ0v) is 20.8. The van der Waals surface area contributed by atoms with Crippen molar-refractivity contribution in [3.8, 4) is 11.3 Å². The number of likely N-dealkylation sites (tertiary alicyclic amines) is 1. The standard InChI is InChI=1S/C23H30BrN3O5/c1-22(2,3)31-20(29)26-13-16(28)11-17(26)19-25-12-18(14-7-9-15(24)10-8-14)27(19)21(30)32-23(4,5)6/h7-10,12,16-17,28H,11,13H2,1-6H3/t16?,17-/m0/s1. The van der Waals surface area contributed by atoms with Crippen molar-refractivity contribution in [3.63, 3.8) is 0 Å². The number of amides is 1. The third kappa shape index (κ3) is 5.69. The lowest BCUT2D eigenvalue weighted by atomic mass is 10.1. The minimum atomic E-state index is -0.757. The molecule has 1 saturated heterocycles. The first-order valence-corrected chi connectivity index (χ1v) is 11.3. The Labute approximate surface area is 196 Å². The summed E-state index contributed by atoms with van der Waals surface area (Å²) in [5.41, 5.74) is -0.124. The van der Waals surface area contributed by atoms with Crippen LogP contribution in [0.15, 0.2) is 34.9 Å². The van der Waals surface area contributed by atoms with Crippen LogP contribution in [0.25, 0.3) is 11.3 Å². The van der Waals surface area contributed by atoms with E-state index in [1.165, 1.54) is 9.47 Å². The molecule has 0 spiro atoms. The molecular formula is C23H30BrN3O5. The minimum absolute atomic E-state index is 0.0916. The van der Waals surface area contributed by atoms with Crippen LogP contribution in [0, 0.1) is 0 Å². The fourth-order valence-electron chi connectivity index (χ4n) is 3.51. The number of rotatable bonds is 2. The number of hydrogen-bond acceptors (Lipinski definition) is 6. The molecule has 1 unspecified atom stereocenters. The highest BCUT2D eigenvalue weighted by atomic mass is 79.9. The van der Waals surface area contributed by atoms with Gasteiger partial charge < -0.3 is 14.6 Å². The average molecular weight is 508 g/mol. The highest BCUT2D eigenvalue weighted by Gasteiger charge is 2.41. The fourth-order valence-corrected chi connectivity index (χ4v) is 3.77. The van der Waals surface area contributed by atoms with Crippen LogP contribution in [0.5, 0.6) is 0 Å². The Balaban J connectivity index is 2.07. The van der Waals surface area contributed by atoms with E-state index in [1.54, 1.807) is 47.7 Å². The quantitative estimate of drug-likeness (QED) is 0.604. The minimum Gasteiger partial charge on any atom is -0.444 e. The molecule has 1 aromatic heterocycles. The zero-order chi connectivity index (χ0) is 23.8. The normalized spacial score (nSPS) is 19.2. The van der Waals surface area contributed by atoms with E-state index in [0.29, 0.717) is 11.5 Å². The van der Waals surface area contributed by atoms with Gasteiger partial charge in [0.05, 0.1) is 30.6 Å². The number of halogens is 1. The van der Waals surface area contributed by atoms with Gasteiger partial charge in [-0.1, -0.05) is 28.1 Å². The molecule has 8 nitrogen and oxygen atoms in total. The predicted octanol–water partition coefficient (Wildman–Crippen LogP) is 5.14.